The molecule has 5 rings (SSSR count). The number of piperidine rings is 1. The lowest BCUT2D eigenvalue weighted by atomic mass is 9.94. The molecule has 1 aliphatic carbocycles. The average molecular weight is 445 g/mol. The molecule has 2 bridgehead atoms. The Balaban J connectivity index is 1.27. The van der Waals surface area contributed by atoms with Gasteiger partial charge in [0.1, 0.15) is 6.04 Å². The van der Waals surface area contributed by atoms with Gasteiger partial charge in [0.2, 0.25) is 5.91 Å². The maximum absolute atomic E-state index is 12.7. The number of nitrogens with one attached hydrogen (secondary N) is 2. The number of carbonyl (C=O) groups is 2. The number of aliphatic hydroxyl groups is 1. The van der Waals surface area contributed by atoms with Gasteiger partial charge in [-0.05, 0) is 54.9 Å². The van der Waals surface area contributed by atoms with Crippen LogP contribution in [0, 0.1) is 17.2 Å². The van der Waals surface area contributed by atoms with Crippen molar-refractivity contribution in [2.24, 2.45) is 5.92 Å². The first-order valence-electron chi connectivity index (χ1n) is 11.5. The third-order valence-corrected chi connectivity index (χ3v) is 7.45. The molecule has 2 fully saturated rings. The standard InChI is InChI=1S/C26H28N4O3/c1-26(33)21-10-8-17(13-22(21)30(2)25(26)32)16-5-3-15(4-6-16)11-20(14-27)29-24(31)23-18-7-9-19(12-18)28-23/h3-6,8,10,13,18-20,23,28,33H,7,9,11-12H2,1-2H3,(H,29,31)/t18-,19+,20-,23-,26?/m0/s1. The lowest BCUT2D eigenvalue weighted by Gasteiger charge is -2.23. The highest BCUT2D eigenvalue weighted by atomic mass is 16.3. The second-order valence-electron chi connectivity index (χ2n) is 9.67. The van der Waals surface area contributed by atoms with Crippen molar-refractivity contribution in [3.05, 3.63) is 53.6 Å². The van der Waals surface area contributed by atoms with Crippen LogP contribution in [-0.4, -0.2) is 42.1 Å². The van der Waals surface area contributed by atoms with Crippen LogP contribution in [0.3, 0.4) is 0 Å². The van der Waals surface area contributed by atoms with Crippen LogP contribution in [0.25, 0.3) is 11.1 Å². The van der Waals surface area contributed by atoms with Crippen LogP contribution in [-0.2, 0) is 21.6 Å². The third kappa shape index (κ3) is 3.69. The molecule has 7 heteroatoms. The van der Waals surface area contributed by atoms with Crippen LogP contribution in [0.2, 0.25) is 0 Å². The molecule has 2 aromatic carbocycles. The van der Waals surface area contributed by atoms with E-state index in [4.69, 9.17) is 0 Å². The lowest BCUT2D eigenvalue weighted by Crippen LogP contribution is -2.50. The SMILES string of the molecule is CN1C(=O)C(C)(O)c2ccc(-c3ccc(C[C@@H](C#N)NC(=O)[C@H]4N[C@@H]5CC[C@H]4C5)cc3)cc21. The highest BCUT2D eigenvalue weighted by molar-refractivity contribution is 6.06. The number of carbonyl (C=O) groups excluding carboxylic acids is 2. The van der Waals surface area contributed by atoms with E-state index in [-0.39, 0.29) is 17.9 Å². The summed E-state index contributed by atoms with van der Waals surface area (Å²) in [6.45, 7) is 1.52. The van der Waals surface area contributed by atoms with Crippen LogP contribution in [0.5, 0.6) is 0 Å². The summed E-state index contributed by atoms with van der Waals surface area (Å²) in [5.74, 6) is -0.0210. The van der Waals surface area contributed by atoms with Gasteiger partial charge in [-0.1, -0.05) is 36.4 Å². The molecule has 33 heavy (non-hydrogen) atoms. The molecule has 2 aromatic rings. The molecule has 0 radical (unpaired) electrons. The number of nitrogens with zero attached hydrogens (tertiary/aromatic N) is 2. The lowest BCUT2D eigenvalue weighted by molar-refractivity contribution is -0.134. The Morgan fingerprint density at radius 3 is 2.64 bits per heavy atom. The number of amides is 2. The quantitative estimate of drug-likeness (QED) is 0.656. The van der Waals surface area contributed by atoms with Gasteiger partial charge in [-0.2, -0.15) is 5.26 Å². The number of nitriles is 1. The highest BCUT2D eigenvalue weighted by Gasteiger charge is 2.45. The molecule has 2 heterocycles. The molecule has 170 valence electrons. The Labute approximate surface area is 193 Å². The molecule has 3 aliphatic rings. The highest BCUT2D eigenvalue weighted by Crippen LogP contribution is 2.41. The van der Waals surface area contributed by atoms with Crippen molar-refractivity contribution >= 4 is 17.5 Å². The minimum absolute atomic E-state index is 0.0712. The molecule has 1 saturated heterocycles. The van der Waals surface area contributed by atoms with E-state index in [2.05, 4.69) is 16.7 Å². The molecule has 0 spiro atoms. The van der Waals surface area contributed by atoms with Crippen LogP contribution >= 0.6 is 0 Å². The van der Waals surface area contributed by atoms with Crippen molar-refractivity contribution in [2.45, 2.75) is 56.3 Å². The summed E-state index contributed by atoms with van der Waals surface area (Å²) in [5, 5.41) is 26.4. The van der Waals surface area contributed by atoms with E-state index in [0.717, 1.165) is 36.0 Å². The maximum Gasteiger partial charge on any atom is 0.263 e. The first-order valence-corrected chi connectivity index (χ1v) is 11.5. The van der Waals surface area contributed by atoms with Gasteiger partial charge in [0.15, 0.2) is 5.60 Å². The molecular formula is C26H28N4O3. The van der Waals surface area contributed by atoms with Gasteiger partial charge in [0.25, 0.3) is 5.91 Å². The van der Waals surface area contributed by atoms with Crippen LogP contribution in [0.1, 0.15) is 37.3 Å². The van der Waals surface area contributed by atoms with E-state index < -0.39 is 11.6 Å². The zero-order valence-electron chi connectivity index (χ0n) is 18.8. The first-order chi connectivity index (χ1) is 15.8. The van der Waals surface area contributed by atoms with E-state index in [9.17, 15) is 20.0 Å². The minimum atomic E-state index is -1.50. The van der Waals surface area contributed by atoms with Crippen molar-refractivity contribution in [2.75, 3.05) is 11.9 Å². The van der Waals surface area contributed by atoms with Crippen molar-refractivity contribution in [3.63, 3.8) is 0 Å². The van der Waals surface area contributed by atoms with Crippen molar-refractivity contribution in [3.8, 4) is 17.2 Å². The van der Waals surface area contributed by atoms with Gasteiger partial charge in [-0.25, -0.2) is 0 Å². The third-order valence-electron chi connectivity index (χ3n) is 7.45. The minimum Gasteiger partial charge on any atom is -0.375 e. The first kappa shape index (κ1) is 21.6. The van der Waals surface area contributed by atoms with Crippen molar-refractivity contribution < 1.29 is 14.7 Å². The Morgan fingerprint density at radius 2 is 2.00 bits per heavy atom. The summed E-state index contributed by atoms with van der Waals surface area (Å²) in [4.78, 5) is 26.5. The topological polar surface area (TPSA) is 105 Å². The van der Waals surface area contributed by atoms with Crippen LogP contribution in [0.15, 0.2) is 42.5 Å². The molecular weight excluding hydrogens is 416 g/mol. The van der Waals surface area contributed by atoms with Crippen LogP contribution < -0.4 is 15.5 Å². The van der Waals surface area contributed by atoms with E-state index in [0.29, 0.717) is 29.6 Å². The fourth-order valence-electron chi connectivity index (χ4n) is 5.56. The predicted octanol–water partition coefficient (Wildman–Crippen LogP) is 2.23. The normalized spacial score (nSPS) is 28.5. The monoisotopic (exact) mass is 444 g/mol. The van der Waals surface area contributed by atoms with Gasteiger partial charge in [0, 0.05) is 25.1 Å². The second kappa shape index (κ2) is 7.98. The molecule has 0 aromatic heterocycles. The molecule has 3 N–H and O–H groups in total. The average Bonchev–Trinajstić information content (AvgIpc) is 3.50. The van der Waals surface area contributed by atoms with Gasteiger partial charge in [-0.3, -0.25) is 9.59 Å². The number of hydrogen-bond donors (Lipinski definition) is 3. The van der Waals surface area contributed by atoms with Crippen molar-refractivity contribution in [1.29, 1.82) is 5.26 Å². The second-order valence-corrected chi connectivity index (χ2v) is 9.67. The molecule has 7 nitrogen and oxygen atoms in total. The summed E-state index contributed by atoms with van der Waals surface area (Å²) >= 11 is 0. The van der Waals surface area contributed by atoms with E-state index in [1.807, 2.05) is 36.4 Å². The zero-order chi connectivity index (χ0) is 23.3. The summed E-state index contributed by atoms with van der Waals surface area (Å²) in [6.07, 6.45) is 3.71. The van der Waals surface area contributed by atoms with E-state index in [1.165, 1.54) is 11.8 Å². The Morgan fingerprint density at radius 1 is 1.27 bits per heavy atom. The molecule has 2 amide bonds. The molecule has 1 unspecified atom stereocenters. The summed E-state index contributed by atoms with van der Waals surface area (Å²) in [7, 11) is 1.66. The number of likely N-dealkylation sites (N-methyl/N-ethyl adjacent to an activating group) is 1. The number of fused-ring (bicyclic) bond motifs is 3. The van der Waals surface area contributed by atoms with Gasteiger partial charge in [0.05, 0.1) is 17.8 Å². The number of benzene rings is 2. The fraction of sp³-hybridized carbons (Fsp3) is 0.423. The number of hydrogen-bond acceptors (Lipinski definition) is 5. The fourth-order valence-corrected chi connectivity index (χ4v) is 5.56. The zero-order valence-corrected chi connectivity index (χ0v) is 18.8. The predicted molar refractivity (Wildman–Crippen MR) is 124 cm³/mol. The van der Waals surface area contributed by atoms with Gasteiger partial charge < -0.3 is 20.6 Å². The molecule has 5 atom stereocenters. The smallest absolute Gasteiger partial charge is 0.263 e. The van der Waals surface area contributed by atoms with E-state index >= 15 is 0 Å². The summed E-state index contributed by atoms with van der Waals surface area (Å²) < 4.78 is 0. The maximum atomic E-state index is 12.7. The Kier molecular flexibility index (Phi) is 5.23. The Hall–Kier alpha value is -3.21. The van der Waals surface area contributed by atoms with E-state index in [1.54, 1.807) is 13.1 Å². The van der Waals surface area contributed by atoms with Crippen LogP contribution in [0.4, 0.5) is 5.69 Å². The van der Waals surface area contributed by atoms with Gasteiger partial charge in [-0.15, -0.1) is 0 Å². The largest absolute Gasteiger partial charge is 0.375 e. The summed E-state index contributed by atoms with van der Waals surface area (Å²) in [5.41, 5.74) is 2.67. The van der Waals surface area contributed by atoms with Gasteiger partial charge >= 0.3 is 0 Å². The number of anilines is 1. The Bertz CT molecular complexity index is 1150. The molecule has 2 aliphatic heterocycles. The molecule has 1 saturated carbocycles. The van der Waals surface area contributed by atoms with Crippen molar-refractivity contribution in [1.82, 2.24) is 10.6 Å². The summed E-state index contributed by atoms with van der Waals surface area (Å²) in [6, 6.07) is 15.4. The number of rotatable bonds is 5.